The number of nitriles is 1. The SMILES string of the molecule is CC/C(=N\O)c1ccc(OCc2cc(C#N)ccc2F)cc1. The summed E-state index contributed by atoms with van der Waals surface area (Å²) in [4.78, 5) is 0. The van der Waals surface area contributed by atoms with Crippen molar-refractivity contribution in [1.29, 1.82) is 5.26 Å². The summed E-state index contributed by atoms with van der Waals surface area (Å²) in [6.07, 6.45) is 0.614. The van der Waals surface area contributed by atoms with Gasteiger partial charge in [0.2, 0.25) is 0 Å². The van der Waals surface area contributed by atoms with E-state index in [1.165, 1.54) is 18.2 Å². The maximum Gasteiger partial charge on any atom is 0.129 e. The number of oxime groups is 1. The van der Waals surface area contributed by atoms with Gasteiger partial charge in [0, 0.05) is 5.56 Å². The molecule has 0 aliphatic carbocycles. The van der Waals surface area contributed by atoms with E-state index in [1.807, 2.05) is 13.0 Å². The highest BCUT2D eigenvalue weighted by atomic mass is 19.1. The Bertz CT molecular complexity index is 718. The number of rotatable bonds is 5. The highest BCUT2D eigenvalue weighted by Gasteiger charge is 2.06. The summed E-state index contributed by atoms with van der Waals surface area (Å²) in [7, 11) is 0. The smallest absolute Gasteiger partial charge is 0.129 e. The van der Waals surface area contributed by atoms with E-state index >= 15 is 0 Å². The maximum absolute atomic E-state index is 13.6. The molecule has 0 saturated heterocycles. The monoisotopic (exact) mass is 298 g/mol. The van der Waals surface area contributed by atoms with Crippen LogP contribution in [-0.4, -0.2) is 10.9 Å². The quantitative estimate of drug-likeness (QED) is 0.518. The lowest BCUT2D eigenvalue weighted by Gasteiger charge is -2.08. The van der Waals surface area contributed by atoms with E-state index in [-0.39, 0.29) is 6.61 Å². The molecule has 0 heterocycles. The van der Waals surface area contributed by atoms with Gasteiger partial charge in [-0.15, -0.1) is 0 Å². The molecule has 112 valence electrons. The van der Waals surface area contributed by atoms with Crippen molar-refractivity contribution >= 4 is 5.71 Å². The molecule has 0 spiro atoms. The van der Waals surface area contributed by atoms with Crippen LogP contribution in [0.4, 0.5) is 4.39 Å². The lowest BCUT2D eigenvalue weighted by molar-refractivity contribution is 0.299. The molecule has 0 fully saturated rings. The molecule has 0 amide bonds. The lowest BCUT2D eigenvalue weighted by atomic mass is 10.1. The predicted octanol–water partition coefficient (Wildman–Crippen LogP) is 3.86. The summed E-state index contributed by atoms with van der Waals surface area (Å²) >= 11 is 0. The van der Waals surface area contributed by atoms with Gasteiger partial charge in [0.05, 0.1) is 17.3 Å². The first kappa shape index (κ1) is 15.5. The van der Waals surface area contributed by atoms with Gasteiger partial charge in [-0.25, -0.2) is 4.39 Å². The molecule has 2 rings (SSSR count). The first-order valence-electron chi connectivity index (χ1n) is 6.80. The molecule has 0 bridgehead atoms. The van der Waals surface area contributed by atoms with Crippen LogP contribution in [0.5, 0.6) is 5.75 Å². The zero-order valence-corrected chi connectivity index (χ0v) is 12.1. The molecule has 2 aromatic rings. The van der Waals surface area contributed by atoms with Crippen molar-refractivity contribution in [2.45, 2.75) is 20.0 Å². The van der Waals surface area contributed by atoms with Gasteiger partial charge in [-0.05, 0) is 54.4 Å². The van der Waals surface area contributed by atoms with Gasteiger partial charge in [-0.3, -0.25) is 0 Å². The largest absolute Gasteiger partial charge is 0.489 e. The molecule has 1 N–H and O–H groups in total. The minimum absolute atomic E-state index is 0.0371. The van der Waals surface area contributed by atoms with E-state index in [2.05, 4.69) is 5.16 Å². The Morgan fingerprint density at radius 3 is 2.59 bits per heavy atom. The number of hydrogen-bond donors (Lipinski definition) is 1. The Labute approximate surface area is 128 Å². The van der Waals surface area contributed by atoms with Gasteiger partial charge >= 0.3 is 0 Å². The van der Waals surface area contributed by atoms with Gasteiger partial charge in [-0.2, -0.15) is 5.26 Å². The van der Waals surface area contributed by atoms with Crippen LogP contribution < -0.4 is 4.74 Å². The Balaban J connectivity index is 2.08. The summed E-state index contributed by atoms with van der Waals surface area (Å²) in [5, 5.41) is 20.9. The second-order valence-electron chi connectivity index (χ2n) is 4.63. The van der Waals surface area contributed by atoms with Crippen LogP contribution in [0.25, 0.3) is 0 Å². The molecule has 0 aliphatic heterocycles. The fourth-order valence-electron chi connectivity index (χ4n) is 1.99. The second-order valence-corrected chi connectivity index (χ2v) is 4.63. The van der Waals surface area contributed by atoms with E-state index in [0.29, 0.717) is 29.0 Å². The first-order chi connectivity index (χ1) is 10.7. The third-order valence-electron chi connectivity index (χ3n) is 3.21. The summed E-state index contributed by atoms with van der Waals surface area (Å²) in [5.74, 6) is 0.162. The van der Waals surface area contributed by atoms with Gasteiger partial charge in [0.15, 0.2) is 0 Å². The Hall–Kier alpha value is -2.87. The molecular weight excluding hydrogens is 283 g/mol. The fraction of sp³-hybridized carbons (Fsp3) is 0.176. The molecule has 0 radical (unpaired) electrons. The second kappa shape index (κ2) is 7.23. The van der Waals surface area contributed by atoms with E-state index in [0.717, 1.165) is 5.56 Å². The number of ether oxygens (including phenoxy) is 1. The van der Waals surface area contributed by atoms with Crippen LogP contribution in [-0.2, 0) is 6.61 Å². The van der Waals surface area contributed by atoms with E-state index in [1.54, 1.807) is 24.3 Å². The maximum atomic E-state index is 13.6. The molecule has 22 heavy (non-hydrogen) atoms. The van der Waals surface area contributed by atoms with Crippen LogP contribution >= 0.6 is 0 Å². The molecule has 0 atom stereocenters. The minimum atomic E-state index is -0.406. The average molecular weight is 298 g/mol. The van der Waals surface area contributed by atoms with E-state index < -0.39 is 5.82 Å². The molecule has 0 saturated carbocycles. The molecule has 0 aliphatic rings. The standard InChI is InChI=1S/C17H15FN2O2/c1-2-17(20-21)13-4-6-15(7-5-13)22-11-14-9-12(10-19)3-8-16(14)18/h3-9,21H,2,11H2,1H3/b20-17+. The zero-order chi connectivity index (χ0) is 15.9. The van der Waals surface area contributed by atoms with Crippen molar-refractivity contribution in [3.63, 3.8) is 0 Å². The number of nitrogens with zero attached hydrogens (tertiary/aromatic N) is 2. The first-order valence-corrected chi connectivity index (χ1v) is 6.80. The number of benzene rings is 2. The summed E-state index contributed by atoms with van der Waals surface area (Å²) in [5.41, 5.74) is 2.10. The number of halogens is 1. The summed E-state index contributed by atoms with van der Waals surface area (Å²) in [6, 6.07) is 13.1. The van der Waals surface area contributed by atoms with Gasteiger partial charge in [0.1, 0.15) is 18.2 Å². The molecule has 0 aromatic heterocycles. The third kappa shape index (κ3) is 3.61. The van der Waals surface area contributed by atoms with E-state index in [9.17, 15) is 4.39 Å². The molecule has 5 heteroatoms. The highest BCUT2D eigenvalue weighted by molar-refractivity contribution is 6.00. The van der Waals surface area contributed by atoms with E-state index in [4.69, 9.17) is 15.2 Å². The summed E-state index contributed by atoms with van der Waals surface area (Å²) in [6.45, 7) is 1.93. The number of hydrogen-bond acceptors (Lipinski definition) is 4. The van der Waals surface area contributed by atoms with Crippen molar-refractivity contribution in [1.82, 2.24) is 0 Å². The van der Waals surface area contributed by atoms with Crippen molar-refractivity contribution < 1.29 is 14.3 Å². The predicted molar refractivity (Wildman–Crippen MR) is 80.5 cm³/mol. The lowest BCUT2D eigenvalue weighted by Crippen LogP contribution is -2.01. The Morgan fingerprint density at radius 2 is 2.00 bits per heavy atom. The van der Waals surface area contributed by atoms with Crippen LogP contribution in [0, 0.1) is 17.1 Å². The van der Waals surface area contributed by atoms with Gasteiger partial charge in [-0.1, -0.05) is 12.1 Å². The normalized spacial score (nSPS) is 11.0. The zero-order valence-electron chi connectivity index (χ0n) is 12.1. The summed E-state index contributed by atoms with van der Waals surface area (Å²) < 4.78 is 19.2. The highest BCUT2D eigenvalue weighted by Crippen LogP contribution is 2.17. The fourth-order valence-corrected chi connectivity index (χ4v) is 1.99. The molecule has 0 unspecified atom stereocenters. The van der Waals surface area contributed by atoms with Crippen molar-refractivity contribution in [2.75, 3.05) is 0 Å². The van der Waals surface area contributed by atoms with Crippen molar-refractivity contribution in [2.24, 2.45) is 5.16 Å². The Kier molecular flexibility index (Phi) is 5.10. The topological polar surface area (TPSA) is 65.6 Å². The van der Waals surface area contributed by atoms with Crippen LogP contribution in [0.15, 0.2) is 47.6 Å². The van der Waals surface area contributed by atoms with Crippen molar-refractivity contribution in [3.05, 3.63) is 65.0 Å². The van der Waals surface area contributed by atoms with Gasteiger partial charge < -0.3 is 9.94 Å². The van der Waals surface area contributed by atoms with Crippen LogP contribution in [0.3, 0.4) is 0 Å². The molecule has 2 aromatic carbocycles. The van der Waals surface area contributed by atoms with Crippen molar-refractivity contribution in [3.8, 4) is 11.8 Å². The minimum Gasteiger partial charge on any atom is -0.489 e. The van der Waals surface area contributed by atoms with Gasteiger partial charge in [0.25, 0.3) is 0 Å². The molecular formula is C17H15FN2O2. The van der Waals surface area contributed by atoms with Crippen LogP contribution in [0.2, 0.25) is 0 Å². The van der Waals surface area contributed by atoms with Crippen LogP contribution in [0.1, 0.15) is 30.0 Å². The average Bonchev–Trinajstić information content (AvgIpc) is 2.56. The molecule has 4 nitrogen and oxygen atoms in total. The Morgan fingerprint density at radius 1 is 1.27 bits per heavy atom. The third-order valence-corrected chi connectivity index (χ3v) is 3.21.